The predicted octanol–water partition coefficient (Wildman–Crippen LogP) is -1.54. The number of pyridine rings is 1. The molecule has 0 aliphatic rings. The molecular formula is C7H2ClNO4-2. The number of carboxylic acid groups (broad SMARTS) is 2. The van der Waals surface area contributed by atoms with Gasteiger partial charge in [-0.15, -0.1) is 0 Å². The summed E-state index contributed by atoms with van der Waals surface area (Å²) in [6.07, 6.45) is 0. The largest absolute Gasteiger partial charge is 0.543 e. The maximum absolute atomic E-state index is 10.3. The van der Waals surface area contributed by atoms with Gasteiger partial charge >= 0.3 is 0 Å². The molecule has 0 bridgehead atoms. The van der Waals surface area contributed by atoms with Gasteiger partial charge in [-0.1, -0.05) is 11.6 Å². The monoisotopic (exact) mass is 199 g/mol. The maximum Gasteiger partial charge on any atom is 0.0900 e. The molecule has 1 aromatic rings. The molecule has 1 aromatic heterocycles. The Hall–Kier alpha value is -1.62. The van der Waals surface area contributed by atoms with Crippen LogP contribution in [-0.4, -0.2) is 16.9 Å². The Morgan fingerprint density at radius 2 is 1.54 bits per heavy atom. The van der Waals surface area contributed by atoms with Crippen LogP contribution < -0.4 is 10.2 Å². The van der Waals surface area contributed by atoms with Crippen molar-refractivity contribution in [1.29, 1.82) is 0 Å². The van der Waals surface area contributed by atoms with Crippen molar-refractivity contribution < 1.29 is 19.8 Å². The topological polar surface area (TPSA) is 93.1 Å². The fourth-order valence-electron chi connectivity index (χ4n) is 0.706. The lowest BCUT2D eigenvalue weighted by Crippen LogP contribution is -2.27. The van der Waals surface area contributed by atoms with Gasteiger partial charge in [-0.25, -0.2) is 4.98 Å². The molecule has 0 saturated heterocycles. The molecule has 0 fully saturated rings. The Morgan fingerprint density at radius 1 is 1.15 bits per heavy atom. The third kappa shape index (κ3) is 2.16. The molecule has 0 aliphatic heterocycles. The maximum atomic E-state index is 10.3. The molecule has 0 amide bonds. The quantitative estimate of drug-likeness (QED) is 0.576. The molecule has 1 heterocycles. The van der Waals surface area contributed by atoms with Gasteiger partial charge in [-0.3, -0.25) is 0 Å². The van der Waals surface area contributed by atoms with Gasteiger partial charge in [-0.05, 0) is 12.1 Å². The van der Waals surface area contributed by atoms with E-state index >= 15 is 0 Å². The number of carbonyl (C=O) groups excluding carboxylic acids is 2. The van der Waals surface area contributed by atoms with Gasteiger partial charge in [0.25, 0.3) is 0 Å². The van der Waals surface area contributed by atoms with Gasteiger partial charge in [0.05, 0.1) is 23.3 Å². The van der Waals surface area contributed by atoms with Gasteiger partial charge in [-0.2, -0.15) is 0 Å². The van der Waals surface area contributed by atoms with Gasteiger partial charge < -0.3 is 19.8 Å². The van der Waals surface area contributed by atoms with E-state index in [4.69, 9.17) is 11.6 Å². The van der Waals surface area contributed by atoms with E-state index in [0.717, 1.165) is 12.1 Å². The molecule has 0 spiro atoms. The highest BCUT2D eigenvalue weighted by molar-refractivity contribution is 6.31. The third-order valence-electron chi connectivity index (χ3n) is 1.21. The molecule has 0 aromatic carbocycles. The van der Waals surface area contributed by atoms with Gasteiger partial charge in [0.1, 0.15) is 0 Å². The lowest BCUT2D eigenvalue weighted by atomic mass is 10.3. The normalized spacial score (nSPS) is 9.62. The fourth-order valence-corrected chi connectivity index (χ4v) is 0.913. The molecule has 0 saturated carbocycles. The average molecular weight is 200 g/mol. The minimum absolute atomic E-state index is 0.0478. The zero-order valence-corrected chi connectivity index (χ0v) is 6.87. The molecule has 0 atom stereocenters. The number of nitrogens with zero attached hydrogens (tertiary/aromatic N) is 1. The summed E-state index contributed by atoms with van der Waals surface area (Å²) in [5.41, 5.74) is -1.07. The molecule has 0 N–H and O–H groups in total. The van der Waals surface area contributed by atoms with Crippen LogP contribution in [0.2, 0.25) is 5.02 Å². The van der Waals surface area contributed by atoms with Crippen LogP contribution in [0.3, 0.4) is 0 Å². The van der Waals surface area contributed by atoms with Crippen LogP contribution in [-0.2, 0) is 0 Å². The van der Waals surface area contributed by atoms with E-state index in [2.05, 4.69) is 4.98 Å². The summed E-state index contributed by atoms with van der Waals surface area (Å²) < 4.78 is 0. The van der Waals surface area contributed by atoms with Gasteiger partial charge in [0.15, 0.2) is 0 Å². The van der Waals surface area contributed by atoms with Crippen molar-refractivity contribution >= 4 is 23.5 Å². The molecule has 13 heavy (non-hydrogen) atoms. The molecule has 0 aliphatic carbocycles. The molecular weight excluding hydrogens is 198 g/mol. The SMILES string of the molecule is O=C([O-])c1cc(Cl)cc(C(=O)[O-])n1. The number of carbonyl (C=O) groups is 2. The highest BCUT2D eigenvalue weighted by Crippen LogP contribution is 2.10. The Labute approximate surface area is 77.6 Å². The van der Waals surface area contributed by atoms with E-state index in [1.807, 2.05) is 0 Å². The Morgan fingerprint density at radius 3 is 1.85 bits per heavy atom. The van der Waals surface area contributed by atoms with Crippen LogP contribution in [0.4, 0.5) is 0 Å². The van der Waals surface area contributed by atoms with E-state index in [1.54, 1.807) is 0 Å². The second-order valence-electron chi connectivity index (χ2n) is 2.13. The van der Waals surface area contributed by atoms with Crippen molar-refractivity contribution in [3.63, 3.8) is 0 Å². The molecule has 1 rings (SSSR count). The molecule has 68 valence electrons. The number of rotatable bonds is 2. The third-order valence-corrected chi connectivity index (χ3v) is 1.43. The summed E-state index contributed by atoms with van der Waals surface area (Å²) >= 11 is 5.42. The van der Waals surface area contributed by atoms with Gasteiger partial charge in [0, 0.05) is 5.02 Å². The van der Waals surface area contributed by atoms with Crippen LogP contribution in [0.15, 0.2) is 12.1 Å². The summed E-state index contributed by atoms with van der Waals surface area (Å²) in [5.74, 6) is -3.19. The van der Waals surface area contributed by atoms with Crippen molar-refractivity contribution in [3.05, 3.63) is 28.5 Å². The van der Waals surface area contributed by atoms with Crippen molar-refractivity contribution in [2.24, 2.45) is 0 Å². The Kier molecular flexibility index (Phi) is 2.48. The number of halogens is 1. The summed E-state index contributed by atoms with van der Waals surface area (Å²) in [4.78, 5) is 23.8. The number of hydrogen-bond donors (Lipinski definition) is 0. The average Bonchev–Trinajstić information content (AvgIpc) is 2.03. The highest BCUT2D eigenvalue weighted by Gasteiger charge is 2.02. The van der Waals surface area contributed by atoms with Crippen LogP contribution in [0.1, 0.15) is 21.0 Å². The van der Waals surface area contributed by atoms with Crippen molar-refractivity contribution in [2.45, 2.75) is 0 Å². The molecule has 0 radical (unpaired) electrons. The van der Waals surface area contributed by atoms with Crippen LogP contribution in [0.25, 0.3) is 0 Å². The van der Waals surface area contributed by atoms with E-state index in [-0.39, 0.29) is 5.02 Å². The minimum Gasteiger partial charge on any atom is -0.543 e. The summed E-state index contributed by atoms with van der Waals surface area (Å²) in [6, 6.07) is 1.98. The number of hydrogen-bond acceptors (Lipinski definition) is 5. The van der Waals surface area contributed by atoms with Crippen LogP contribution >= 0.6 is 11.6 Å². The second kappa shape index (κ2) is 3.40. The first-order valence-corrected chi connectivity index (χ1v) is 3.49. The van der Waals surface area contributed by atoms with Crippen molar-refractivity contribution in [3.8, 4) is 0 Å². The van der Waals surface area contributed by atoms with Crippen molar-refractivity contribution in [2.75, 3.05) is 0 Å². The predicted molar refractivity (Wildman–Crippen MR) is 37.9 cm³/mol. The van der Waals surface area contributed by atoms with Gasteiger partial charge in [0.2, 0.25) is 0 Å². The number of aromatic nitrogens is 1. The molecule has 0 unspecified atom stereocenters. The lowest BCUT2D eigenvalue weighted by Gasteiger charge is -2.06. The summed E-state index contributed by atoms with van der Waals surface area (Å²) in [6.45, 7) is 0. The number of carboxylic acids is 2. The first-order chi connectivity index (χ1) is 6.00. The first-order valence-electron chi connectivity index (χ1n) is 3.11. The number of aromatic carboxylic acids is 2. The van der Waals surface area contributed by atoms with Crippen LogP contribution in [0, 0.1) is 0 Å². The molecule has 5 nitrogen and oxygen atoms in total. The standard InChI is InChI=1S/C7H4ClNO4/c8-3-1-4(6(10)11)9-5(2-3)7(12)13/h1-2H,(H,10,11)(H,12,13)/p-2. The Balaban J connectivity index is 3.26. The zero-order chi connectivity index (χ0) is 10.0. The fraction of sp³-hybridized carbons (Fsp3) is 0. The van der Waals surface area contributed by atoms with Crippen molar-refractivity contribution in [1.82, 2.24) is 4.98 Å². The van der Waals surface area contributed by atoms with E-state index in [9.17, 15) is 19.8 Å². The van der Waals surface area contributed by atoms with Crippen LogP contribution in [0.5, 0.6) is 0 Å². The Bertz CT molecular complexity index is 345. The van der Waals surface area contributed by atoms with E-state index < -0.39 is 23.3 Å². The smallest absolute Gasteiger partial charge is 0.0900 e. The zero-order valence-electron chi connectivity index (χ0n) is 6.11. The highest BCUT2D eigenvalue weighted by atomic mass is 35.5. The van der Waals surface area contributed by atoms with E-state index in [0.29, 0.717) is 0 Å². The minimum atomic E-state index is -1.59. The van der Waals surface area contributed by atoms with E-state index in [1.165, 1.54) is 0 Å². The molecule has 6 heteroatoms. The first kappa shape index (κ1) is 9.47. The second-order valence-corrected chi connectivity index (χ2v) is 2.57. The lowest BCUT2D eigenvalue weighted by molar-refractivity contribution is -0.255. The summed E-state index contributed by atoms with van der Waals surface area (Å²) in [5, 5.41) is 20.5. The summed E-state index contributed by atoms with van der Waals surface area (Å²) in [7, 11) is 0.